The zero-order valence-corrected chi connectivity index (χ0v) is 16.3. The Balaban J connectivity index is 1.14. The molecular formula is C21H26N2O6. The van der Waals surface area contributed by atoms with Gasteiger partial charge in [0.05, 0.1) is 0 Å². The van der Waals surface area contributed by atoms with E-state index in [0.717, 1.165) is 31.2 Å². The van der Waals surface area contributed by atoms with E-state index in [0.29, 0.717) is 56.4 Å². The molecule has 4 aliphatic rings. The molecule has 1 aromatic carbocycles. The first kappa shape index (κ1) is 18.7. The third kappa shape index (κ3) is 3.44. The standard InChI is InChI=1S/C21H26N2O6/c24-19(22-10-12-23(13-11-22)20(25)21(26)8-9-21)15-6-4-14(5-7-15)16-2-1-3-17-18(16)28-29-27-17/h1-3,14-15,26H,4-13H2. The van der Waals surface area contributed by atoms with Crippen LogP contribution in [0.25, 0.3) is 0 Å². The maximum Gasteiger partial charge on any atom is 0.254 e. The number of nitrogens with zero attached hydrogens (tertiary/aromatic N) is 2. The van der Waals surface area contributed by atoms with Crippen molar-refractivity contribution in [3.05, 3.63) is 23.8 Å². The van der Waals surface area contributed by atoms with Crippen LogP contribution in [0, 0.1) is 5.92 Å². The molecule has 0 unspecified atom stereocenters. The van der Waals surface area contributed by atoms with E-state index in [-0.39, 0.29) is 17.7 Å². The molecule has 8 heteroatoms. The summed E-state index contributed by atoms with van der Waals surface area (Å²) in [6.07, 6.45) is 4.63. The Morgan fingerprint density at radius 3 is 2.34 bits per heavy atom. The van der Waals surface area contributed by atoms with Crippen LogP contribution in [0.5, 0.6) is 11.5 Å². The minimum absolute atomic E-state index is 0.0336. The Labute approximate surface area is 169 Å². The summed E-state index contributed by atoms with van der Waals surface area (Å²) in [7, 11) is 0. The summed E-state index contributed by atoms with van der Waals surface area (Å²) in [5.41, 5.74) is -0.0434. The monoisotopic (exact) mass is 402 g/mol. The molecule has 1 saturated heterocycles. The zero-order chi connectivity index (χ0) is 20.0. The predicted molar refractivity (Wildman–Crippen MR) is 101 cm³/mol. The van der Waals surface area contributed by atoms with Crippen LogP contribution in [-0.4, -0.2) is 58.5 Å². The van der Waals surface area contributed by atoms with Crippen LogP contribution in [0.1, 0.15) is 50.0 Å². The van der Waals surface area contributed by atoms with Crippen LogP contribution < -0.4 is 9.78 Å². The topological polar surface area (TPSA) is 88.5 Å². The van der Waals surface area contributed by atoms with E-state index in [1.165, 1.54) is 0 Å². The van der Waals surface area contributed by atoms with Crippen LogP contribution >= 0.6 is 0 Å². The van der Waals surface area contributed by atoms with E-state index in [1.54, 1.807) is 4.90 Å². The molecule has 0 atom stereocenters. The van der Waals surface area contributed by atoms with Crippen molar-refractivity contribution in [2.45, 2.75) is 50.0 Å². The fourth-order valence-electron chi connectivity index (χ4n) is 4.76. The van der Waals surface area contributed by atoms with Gasteiger partial charge in [-0.25, -0.2) is 0 Å². The average molecular weight is 402 g/mol. The predicted octanol–water partition coefficient (Wildman–Crippen LogP) is 1.77. The van der Waals surface area contributed by atoms with Crippen LogP contribution in [0.15, 0.2) is 18.2 Å². The van der Waals surface area contributed by atoms with Crippen LogP contribution in [0.4, 0.5) is 0 Å². The molecular weight excluding hydrogens is 376 g/mol. The highest BCUT2D eigenvalue weighted by atomic mass is 17.5. The molecule has 0 bridgehead atoms. The number of hydrogen-bond acceptors (Lipinski definition) is 6. The number of aliphatic hydroxyl groups is 1. The smallest absolute Gasteiger partial charge is 0.254 e. The number of para-hydroxylation sites is 1. The van der Waals surface area contributed by atoms with Crippen molar-refractivity contribution in [1.82, 2.24) is 9.80 Å². The number of piperazine rings is 1. The number of hydrogen-bond donors (Lipinski definition) is 1. The average Bonchev–Trinajstić information content (AvgIpc) is 3.33. The third-order valence-corrected chi connectivity index (χ3v) is 6.77. The molecule has 1 aromatic rings. The van der Waals surface area contributed by atoms with Crippen molar-refractivity contribution in [1.29, 1.82) is 0 Å². The lowest BCUT2D eigenvalue weighted by atomic mass is 9.78. The van der Waals surface area contributed by atoms with Gasteiger partial charge in [-0.15, -0.1) is 0 Å². The number of fused-ring (bicyclic) bond motifs is 1. The highest BCUT2D eigenvalue weighted by Gasteiger charge is 2.50. The van der Waals surface area contributed by atoms with Gasteiger partial charge in [0.15, 0.2) is 0 Å². The van der Waals surface area contributed by atoms with Gasteiger partial charge in [0.25, 0.3) is 5.91 Å². The molecule has 156 valence electrons. The SMILES string of the molecule is O=C(C1CCC(c2cccc3c2OOO3)CC1)N1CCN(C(=O)C2(O)CC2)CC1. The highest BCUT2D eigenvalue weighted by molar-refractivity contribution is 5.88. The molecule has 8 nitrogen and oxygen atoms in total. The number of benzene rings is 1. The fraction of sp³-hybridized carbons (Fsp3) is 0.619. The minimum atomic E-state index is -1.12. The first-order valence-electron chi connectivity index (χ1n) is 10.5. The van der Waals surface area contributed by atoms with E-state index in [1.807, 2.05) is 23.1 Å². The second-order valence-electron chi connectivity index (χ2n) is 8.61. The second kappa shape index (κ2) is 7.18. The zero-order valence-electron chi connectivity index (χ0n) is 16.3. The Kier molecular flexibility index (Phi) is 4.63. The van der Waals surface area contributed by atoms with Gasteiger partial charge >= 0.3 is 0 Å². The van der Waals surface area contributed by atoms with Gasteiger partial charge in [0.1, 0.15) is 5.60 Å². The molecule has 5 rings (SSSR count). The summed E-state index contributed by atoms with van der Waals surface area (Å²) in [5.74, 6) is 1.64. The van der Waals surface area contributed by atoms with Crippen molar-refractivity contribution < 1.29 is 29.5 Å². The van der Waals surface area contributed by atoms with Crippen molar-refractivity contribution >= 4 is 11.8 Å². The minimum Gasteiger partial charge on any atom is -0.380 e. The summed E-state index contributed by atoms with van der Waals surface area (Å²) in [4.78, 5) is 39.0. The summed E-state index contributed by atoms with van der Waals surface area (Å²) in [6.45, 7) is 2.12. The summed E-state index contributed by atoms with van der Waals surface area (Å²) in [6, 6.07) is 5.78. The number of carbonyl (C=O) groups is 2. The fourth-order valence-corrected chi connectivity index (χ4v) is 4.76. The van der Waals surface area contributed by atoms with Gasteiger partial charge in [0, 0.05) is 42.7 Å². The second-order valence-corrected chi connectivity index (χ2v) is 8.61. The molecule has 0 spiro atoms. The molecule has 2 aliphatic carbocycles. The van der Waals surface area contributed by atoms with Crippen molar-refractivity contribution in [2.75, 3.05) is 26.2 Å². The highest BCUT2D eigenvalue weighted by Crippen LogP contribution is 2.45. The molecule has 2 saturated carbocycles. The number of rotatable bonds is 3. The third-order valence-electron chi connectivity index (χ3n) is 6.77. The molecule has 2 heterocycles. The van der Waals surface area contributed by atoms with Crippen LogP contribution in [0.2, 0.25) is 0 Å². The Hall–Kier alpha value is -2.32. The maximum absolute atomic E-state index is 13.0. The molecule has 2 aliphatic heterocycles. The van der Waals surface area contributed by atoms with Crippen molar-refractivity contribution in [3.8, 4) is 11.5 Å². The van der Waals surface area contributed by atoms with E-state index in [9.17, 15) is 14.7 Å². The largest absolute Gasteiger partial charge is 0.380 e. The lowest BCUT2D eigenvalue weighted by Crippen LogP contribution is -2.54. The van der Waals surface area contributed by atoms with Gasteiger partial charge in [0.2, 0.25) is 17.4 Å². The molecule has 2 amide bonds. The van der Waals surface area contributed by atoms with E-state index >= 15 is 0 Å². The lowest BCUT2D eigenvalue weighted by molar-refractivity contribution is -0.384. The quantitative estimate of drug-likeness (QED) is 0.776. The molecule has 0 radical (unpaired) electrons. The number of carbonyl (C=O) groups excluding carboxylic acids is 2. The lowest BCUT2D eigenvalue weighted by Gasteiger charge is -2.38. The Morgan fingerprint density at radius 2 is 1.66 bits per heavy atom. The van der Waals surface area contributed by atoms with E-state index < -0.39 is 5.60 Å². The summed E-state index contributed by atoms with van der Waals surface area (Å²) in [5, 5.41) is 14.6. The van der Waals surface area contributed by atoms with Crippen LogP contribution in [0.3, 0.4) is 0 Å². The van der Waals surface area contributed by atoms with Gasteiger partial charge in [-0.05, 0) is 50.5 Å². The normalized spacial score (nSPS) is 27.6. The first-order valence-corrected chi connectivity index (χ1v) is 10.5. The molecule has 0 aromatic heterocycles. The summed E-state index contributed by atoms with van der Waals surface area (Å²) < 4.78 is 0. The van der Waals surface area contributed by atoms with Crippen molar-refractivity contribution in [2.24, 2.45) is 5.92 Å². The molecule has 29 heavy (non-hydrogen) atoms. The Morgan fingerprint density at radius 1 is 0.966 bits per heavy atom. The first-order chi connectivity index (χ1) is 14.0. The van der Waals surface area contributed by atoms with Gasteiger partial charge < -0.3 is 14.9 Å². The van der Waals surface area contributed by atoms with Gasteiger partial charge in [-0.3, -0.25) is 19.4 Å². The maximum atomic E-state index is 13.0. The summed E-state index contributed by atoms with van der Waals surface area (Å²) >= 11 is 0. The van der Waals surface area contributed by atoms with Gasteiger partial charge in [-0.2, -0.15) is 0 Å². The molecule has 1 N–H and O–H groups in total. The Bertz CT molecular complexity index is 807. The van der Waals surface area contributed by atoms with Gasteiger partial charge in [-0.1, -0.05) is 12.1 Å². The molecule has 3 fully saturated rings. The van der Waals surface area contributed by atoms with Crippen LogP contribution in [-0.2, 0) is 14.6 Å². The van der Waals surface area contributed by atoms with E-state index in [4.69, 9.17) is 9.78 Å². The van der Waals surface area contributed by atoms with E-state index in [2.05, 4.69) is 5.04 Å². The number of amides is 2. The van der Waals surface area contributed by atoms with Crippen molar-refractivity contribution in [3.63, 3.8) is 0 Å².